The largest absolute Gasteiger partial charge is 0.324 e. The van der Waals surface area contributed by atoms with Crippen LogP contribution in [-0.2, 0) is 19.6 Å². The second-order valence-corrected chi connectivity index (χ2v) is 8.47. The molecule has 0 radical (unpaired) electrons. The normalized spacial score (nSPS) is 24.9. The molecule has 1 saturated heterocycles. The number of benzene rings is 1. The fourth-order valence-corrected chi connectivity index (χ4v) is 5.13. The number of carbonyl (C=O) groups is 2. The highest BCUT2D eigenvalue weighted by Gasteiger charge is 2.34. The quantitative estimate of drug-likeness (QED) is 0.803. The van der Waals surface area contributed by atoms with Gasteiger partial charge in [-0.2, -0.15) is 4.31 Å². The summed E-state index contributed by atoms with van der Waals surface area (Å²) < 4.78 is 27.7. The minimum absolute atomic E-state index is 0.00637. The number of rotatable bonds is 3. The number of hydrogen-bond donors (Lipinski definition) is 2. The van der Waals surface area contributed by atoms with Crippen molar-refractivity contribution in [1.82, 2.24) is 4.31 Å². The monoisotopic (exact) mass is 365 g/mol. The molecule has 0 bridgehead atoms. The first-order valence-electron chi connectivity index (χ1n) is 8.62. The van der Waals surface area contributed by atoms with E-state index in [1.165, 1.54) is 25.1 Å². The summed E-state index contributed by atoms with van der Waals surface area (Å²) in [5.74, 6) is -1.69. The highest BCUT2D eigenvalue weighted by Crippen LogP contribution is 2.32. The van der Waals surface area contributed by atoms with E-state index in [2.05, 4.69) is 10.6 Å². The van der Waals surface area contributed by atoms with Crippen LogP contribution in [0.3, 0.4) is 0 Å². The summed E-state index contributed by atoms with van der Waals surface area (Å²) in [6.45, 7) is 4.01. The van der Waals surface area contributed by atoms with Gasteiger partial charge in [0.05, 0.1) is 16.3 Å². The van der Waals surface area contributed by atoms with Crippen molar-refractivity contribution in [3.63, 3.8) is 0 Å². The molecule has 0 aromatic heterocycles. The molecule has 0 spiro atoms. The van der Waals surface area contributed by atoms with Gasteiger partial charge < -0.3 is 10.6 Å². The second-order valence-electron chi connectivity index (χ2n) is 6.58. The lowest BCUT2D eigenvalue weighted by Crippen LogP contribution is -2.43. The number of anilines is 2. The fourth-order valence-electron chi connectivity index (χ4n) is 3.33. The Morgan fingerprint density at radius 3 is 2.48 bits per heavy atom. The lowest BCUT2D eigenvalue weighted by Gasteiger charge is -2.34. The molecule has 1 aromatic rings. The minimum atomic E-state index is -3.64. The number of hydrogen-bond acceptors (Lipinski definition) is 4. The molecular weight excluding hydrogens is 342 g/mol. The van der Waals surface area contributed by atoms with E-state index in [1.54, 1.807) is 4.31 Å². The van der Waals surface area contributed by atoms with Crippen LogP contribution in [0.2, 0.25) is 0 Å². The molecule has 1 aromatic carbocycles. The van der Waals surface area contributed by atoms with Gasteiger partial charge in [-0.05, 0) is 44.4 Å². The Hall–Kier alpha value is -1.93. The minimum Gasteiger partial charge on any atom is -0.324 e. The van der Waals surface area contributed by atoms with Crippen LogP contribution in [0.4, 0.5) is 11.4 Å². The Balaban J connectivity index is 1.97. The predicted molar refractivity (Wildman–Crippen MR) is 94.7 cm³/mol. The summed E-state index contributed by atoms with van der Waals surface area (Å²) in [5.41, 5.74) is 0.723. The maximum atomic E-state index is 13.1. The number of carbonyl (C=O) groups excluding carboxylic acids is 2. The SMILES string of the molecule is CCC1CCCCN1S(=O)(=O)c1ccc2c(c1)NC(=O)C(C)C(=O)N2. The van der Waals surface area contributed by atoms with E-state index in [1.807, 2.05) is 6.92 Å². The van der Waals surface area contributed by atoms with E-state index >= 15 is 0 Å². The van der Waals surface area contributed by atoms with Gasteiger partial charge >= 0.3 is 0 Å². The molecule has 2 aliphatic rings. The van der Waals surface area contributed by atoms with Crippen molar-refractivity contribution in [2.75, 3.05) is 17.2 Å². The number of amides is 2. The molecule has 0 saturated carbocycles. The van der Waals surface area contributed by atoms with Crippen LogP contribution in [0.15, 0.2) is 23.1 Å². The van der Waals surface area contributed by atoms with Gasteiger partial charge in [-0.1, -0.05) is 13.3 Å². The van der Waals surface area contributed by atoms with Crippen LogP contribution in [0.25, 0.3) is 0 Å². The number of nitrogens with zero attached hydrogens (tertiary/aromatic N) is 1. The number of fused-ring (bicyclic) bond motifs is 1. The molecule has 8 heteroatoms. The molecule has 3 rings (SSSR count). The van der Waals surface area contributed by atoms with E-state index < -0.39 is 27.8 Å². The Morgan fingerprint density at radius 1 is 1.12 bits per heavy atom. The van der Waals surface area contributed by atoms with Crippen LogP contribution < -0.4 is 10.6 Å². The van der Waals surface area contributed by atoms with Crippen LogP contribution in [0, 0.1) is 5.92 Å². The molecular formula is C17H23N3O4S. The van der Waals surface area contributed by atoms with Crippen molar-refractivity contribution in [1.29, 1.82) is 0 Å². The Morgan fingerprint density at radius 2 is 1.80 bits per heavy atom. The van der Waals surface area contributed by atoms with Crippen molar-refractivity contribution in [2.45, 2.75) is 50.5 Å². The van der Waals surface area contributed by atoms with Gasteiger partial charge in [-0.15, -0.1) is 0 Å². The standard InChI is InChI=1S/C17H23N3O4S/c1-3-12-6-4-5-9-20(12)25(23,24)13-7-8-14-15(10-13)19-17(22)11(2)16(21)18-14/h7-8,10-12H,3-6,9H2,1-2H3,(H,18,21)(H,19,22). The van der Waals surface area contributed by atoms with Crippen molar-refractivity contribution >= 4 is 33.2 Å². The fraction of sp³-hybridized carbons (Fsp3) is 0.529. The van der Waals surface area contributed by atoms with E-state index in [4.69, 9.17) is 0 Å². The lowest BCUT2D eigenvalue weighted by atomic mass is 10.0. The molecule has 0 aliphatic carbocycles. The Kier molecular flexibility index (Phi) is 4.83. The average molecular weight is 365 g/mol. The van der Waals surface area contributed by atoms with Gasteiger partial charge in [0, 0.05) is 12.6 Å². The zero-order valence-corrected chi connectivity index (χ0v) is 15.2. The van der Waals surface area contributed by atoms with Crippen LogP contribution in [0.1, 0.15) is 39.5 Å². The van der Waals surface area contributed by atoms with Crippen LogP contribution in [-0.4, -0.2) is 37.1 Å². The van der Waals surface area contributed by atoms with Crippen molar-refractivity contribution in [3.05, 3.63) is 18.2 Å². The third kappa shape index (κ3) is 3.28. The maximum absolute atomic E-state index is 13.1. The first-order chi connectivity index (χ1) is 11.8. The Labute approximate surface area is 147 Å². The molecule has 2 N–H and O–H groups in total. The zero-order valence-electron chi connectivity index (χ0n) is 14.4. The topological polar surface area (TPSA) is 95.6 Å². The van der Waals surface area contributed by atoms with E-state index in [-0.39, 0.29) is 10.9 Å². The molecule has 2 unspecified atom stereocenters. The van der Waals surface area contributed by atoms with Crippen molar-refractivity contribution in [2.24, 2.45) is 5.92 Å². The first-order valence-corrected chi connectivity index (χ1v) is 10.1. The number of piperidine rings is 1. The smallest absolute Gasteiger partial charge is 0.243 e. The molecule has 25 heavy (non-hydrogen) atoms. The molecule has 2 heterocycles. The summed E-state index contributed by atoms with van der Waals surface area (Å²) in [7, 11) is -3.64. The number of sulfonamides is 1. The van der Waals surface area contributed by atoms with Gasteiger partial charge in [-0.3, -0.25) is 9.59 Å². The molecule has 1 fully saturated rings. The summed E-state index contributed by atoms with van der Waals surface area (Å²) in [5, 5.41) is 5.29. The summed E-state index contributed by atoms with van der Waals surface area (Å²) in [6.07, 6.45) is 3.53. The third-order valence-corrected chi connectivity index (χ3v) is 6.89. The lowest BCUT2D eigenvalue weighted by molar-refractivity contribution is -0.128. The maximum Gasteiger partial charge on any atom is 0.243 e. The van der Waals surface area contributed by atoms with Crippen molar-refractivity contribution < 1.29 is 18.0 Å². The van der Waals surface area contributed by atoms with Gasteiger partial charge in [0.15, 0.2) is 0 Å². The number of nitrogens with one attached hydrogen (secondary N) is 2. The van der Waals surface area contributed by atoms with Gasteiger partial charge in [0.25, 0.3) is 0 Å². The second kappa shape index (κ2) is 6.76. The van der Waals surface area contributed by atoms with Gasteiger partial charge in [-0.25, -0.2) is 8.42 Å². The predicted octanol–water partition coefficient (Wildman–Crippen LogP) is 2.17. The van der Waals surface area contributed by atoms with Gasteiger partial charge in [0.1, 0.15) is 5.92 Å². The molecule has 2 amide bonds. The zero-order chi connectivity index (χ0) is 18.2. The summed E-state index contributed by atoms with van der Waals surface area (Å²) in [6, 6.07) is 4.45. The third-order valence-electron chi connectivity index (χ3n) is 4.94. The van der Waals surface area contributed by atoms with Crippen LogP contribution in [0.5, 0.6) is 0 Å². The van der Waals surface area contributed by atoms with E-state index in [0.29, 0.717) is 17.9 Å². The molecule has 7 nitrogen and oxygen atoms in total. The highest BCUT2D eigenvalue weighted by atomic mass is 32.2. The van der Waals surface area contributed by atoms with Gasteiger partial charge in [0.2, 0.25) is 21.8 Å². The van der Waals surface area contributed by atoms with E-state index in [9.17, 15) is 18.0 Å². The summed E-state index contributed by atoms with van der Waals surface area (Å²) >= 11 is 0. The van der Waals surface area contributed by atoms with Crippen LogP contribution >= 0.6 is 0 Å². The summed E-state index contributed by atoms with van der Waals surface area (Å²) in [4.78, 5) is 24.1. The first kappa shape index (κ1) is 17.9. The highest BCUT2D eigenvalue weighted by molar-refractivity contribution is 7.89. The molecule has 2 atom stereocenters. The molecule has 136 valence electrons. The van der Waals surface area contributed by atoms with Crippen molar-refractivity contribution in [3.8, 4) is 0 Å². The Bertz CT molecular complexity index is 806. The molecule has 2 aliphatic heterocycles. The average Bonchev–Trinajstić information content (AvgIpc) is 2.71. The van der Waals surface area contributed by atoms with E-state index in [0.717, 1.165) is 25.7 Å².